The minimum Gasteiger partial charge on any atom is -0.317 e. The van der Waals surface area contributed by atoms with Crippen LogP contribution in [-0.4, -0.2) is 0 Å². The molecule has 6 rings (SSSR count). The third kappa shape index (κ3) is 6.90. The van der Waals surface area contributed by atoms with Crippen LogP contribution in [0.15, 0.2) is 152 Å². The molecule has 0 unspecified atom stereocenters. The zero-order chi connectivity index (χ0) is 31.9. The van der Waals surface area contributed by atoms with E-state index in [0.717, 1.165) is 42.6 Å². The molecule has 1 heteroatoms. The van der Waals surface area contributed by atoms with Crippen molar-refractivity contribution in [3.05, 3.63) is 190 Å². The van der Waals surface area contributed by atoms with E-state index >= 15 is 0 Å². The second-order valence-electron chi connectivity index (χ2n) is 12.3. The monoisotopic (exact) mass is 597 g/mol. The maximum atomic E-state index is 3.94. The average molecular weight is 598 g/mol. The standard InChI is InChI=1S/C45H43N/c1-5-33(2)16-14-30-46(39-28-24-34(3)25-29-39)45-23-9-7-6-8-20-41(40-21-10-11-22-42(40)45)44-31-35(4)15-12-17-36-18-13-19-37-26-27-38(44)32-43(36)37/h5,8-12,14-17,19-32H,1,6-7,13,18H2,2-4H3/b15-12?,17-12?,20-8+,23-9?,30-14+,33-16-,35-15?,35-31?,36-17?,41-40?,44-31?,44-38?,45-42?. The second-order valence-corrected chi connectivity index (χ2v) is 12.3. The summed E-state index contributed by atoms with van der Waals surface area (Å²) in [6.45, 7) is 10.4. The largest absolute Gasteiger partial charge is 0.317 e. The van der Waals surface area contributed by atoms with Crippen molar-refractivity contribution in [1.82, 2.24) is 0 Å². The predicted molar refractivity (Wildman–Crippen MR) is 200 cm³/mol. The maximum Gasteiger partial charge on any atom is 0.0530 e. The molecule has 2 bridgehead atoms. The molecule has 46 heavy (non-hydrogen) atoms. The van der Waals surface area contributed by atoms with Crippen molar-refractivity contribution in [2.75, 3.05) is 4.90 Å². The first-order valence-electron chi connectivity index (χ1n) is 16.4. The van der Waals surface area contributed by atoms with Gasteiger partial charge < -0.3 is 4.90 Å². The normalized spacial score (nSPS) is 15.2. The lowest BCUT2D eigenvalue weighted by Gasteiger charge is -2.23. The van der Waals surface area contributed by atoms with Gasteiger partial charge in [0.15, 0.2) is 0 Å². The zero-order valence-electron chi connectivity index (χ0n) is 27.3. The first-order valence-corrected chi connectivity index (χ1v) is 16.4. The van der Waals surface area contributed by atoms with Gasteiger partial charge in [0.1, 0.15) is 0 Å². The highest BCUT2D eigenvalue weighted by atomic mass is 15.1. The first-order chi connectivity index (χ1) is 22.5. The third-order valence-corrected chi connectivity index (χ3v) is 8.85. The van der Waals surface area contributed by atoms with E-state index in [-0.39, 0.29) is 0 Å². The molecule has 0 N–H and O–H groups in total. The highest BCUT2D eigenvalue weighted by Gasteiger charge is 2.13. The van der Waals surface area contributed by atoms with Gasteiger partial charge in [-0.1, -0.05) is 133 Å². The number of nitrogens with zero attached hydrogens (tertiary/aromatic N) is 1. The SMILES string of the molecule is C=C/C(C)=C\C=C\N(C1=c2ccccc2=C(c2cc(C)cccc3c4cc2ccc4=CCC3)/C=C/CCC=C1)c1ccc(C)cc1. The van der Waals surface area contributed by atoms with Crippen LogP contribution < -0.4 is 20.6 Å². The second kappa shape index (κ2) is 14.3. The van der Waals surface area contributed by atoms with E-state index in [1.165, 1.54) is 54.3 Å². The zero-order valence-corrected chi connectivity index (χ0v) is 27.3. The fraction of sp³-hybridized carbons (Fsp3) is 0.156. The van der Waals surface area contributed by atoms with Gasteiger partial charge in [-0.3, -0.25) is 0 Å². The number of aryl methyl sites for hydroxylation is 3. The molecule has 2 aliphatic rings. The van der Waals surface area contributed by atoms with Crippen LogP contribution in [0.4, 0.5) is 5.69 Å². The van der Waals surface area contributed by atoms with Crippen LogP contribution >= 0.6 is 0 Å². The lowest BCUT2D eigenvalue weighted by atomic mass is 9.92. The van der Waals surface area contributed by atoms with Gasteiger partial charge in [-0.15, -0.1) is 0 Å². The summed E-state index contributed by atoms with van der Waals surface area (Å²) in [5, 5.41) is 6.34. The van der Waals surface area contributed by atoms with E-state index < -0.39 is 0 Å². The molecule has 0 spiro atoms. The van der Waals surface area contributed by atoms with Crippen molar-refractivity contribution >= 4 is 33.8 Å². The molecule has 0 saturated carbocycles. The molecule has 0 saturated heterocycles. The lowest BCUT2D eigenvalue weighted by molar-refractivity contribution is 1.04. The van der Waals surface area contributed by atoms with E-state index in [1.807, 2.05) is 6.08 Å². The first kappa shape index (κ1) is 30.9. The summed E-state index contributed by atoms with van der Waals surface area (Å²) < 4.78 is 0. The molecule has 4 aromatic rings. The molecular weight excluding hydrogens is 555 g/mol. The summed E-state index contributed by atoms with van der Waals surface area (Å²) in [5.41, 5.74) is 9.74. The molecule has 0 atom stereocenters. The minimum atomic E-state index is 0.964. The highest BCUT2D eigenvalue weighted by Crippen LogP contribution is 2.25. The average Bonchev–Trinajstić information content (AvgIpc) is 3.08. The summed E-state index contributed by atoms with van der Waals surface area (Å²) in [7, 11) is 0. The van der Waals surface area contributed by atoms with Crippen LogP contribution in [0.2, 0.25) is 0 Å². The quantitative estimate of drug-likeness (QED) is 0.200. The van der Waals surface area contributed by atoms with Crippen LogP contribution in [0, 0.1) is 13.8 Å². The molecule has 0 amide bonds. The van der Waals surface area contributed by atoms with Gasteiger partial charge in [-0.2, -0.15) is 0 Å². The van der Waals surface area contributed by atoms with Crippen LogP contribution in [-0.2, 0) is 6.42 Å². The van der Waals surface area contributed by atoms with E-state index in [9.17, 15) is 0 Å². The van der Waals surface area contributed by atoms with Crippen LogP contribution in [0.3, 0.4) is 0 Å². The molecule has 0 heterocycles. The van der Waals surface area contributed by atoms with E-state index in [0.29, 0.717) is 0 Å². The Morgan fingerprint density at radius 2 is 1.54 bits per heavy atom. The number of allylic oxidation sites excluding steroid dienone is 7. The van der Waals surface area contributed by atoms with Gasteiger partial charge in [0.05, 0.1) is 5.70 Å². The van der Waals surface area contributed by atoms with E-state index in [2.05, 4.69) is 172 Å². The minimum absolute atomic E-state index is 0.964. The van der Waals surface area contributed by atoms with Crippen LogP contribution in [0.1, 0.15) is 48.4 Å². The Morgan fingerprint density at radius 3 is 2.35 bits per heavy atom. The van der Waals surface area contributed by atoms with Crippen molar-refractivity contribution in [2.45, 2.75) is 46.5 Å². The number of rotatable bonds is 6. The van der Waals surface area contributed by atoms with Gasteiger partial charge in [-0.05, 0) is 115 Å². The summed E-state index contributed by atoms with van der Waals surface area (Å²) in [6.07, 6.45) is 24.1. The topological polar surface area (TPSA) is 3.24 Å². The van der Waals surface area contributed by atoms with Crippen molar-refractivity contribution < 1.29 is 0 Å². The molecule has 228 valence electrons. The van der Waals surface area contributed by atoms with Gasteiger partial charge >= 0.3 is 0 Å². The van der Waals surface area contributed by atoms with Crippen LogP contribution in [0.25, 0.3) is 28.1 Å². The molecule has 0 fully saturated rings. The Bertz CT molecular complexity index is 2130. The predicted octanol–water partition coefficient (Wildman–Crippen LogP) is 9.39. The number of hydrogen-bond donors (Lipinski definition) is 0. The van der Waals surface area contributed by atoms with Crippen LogP contribution in [0.5, 0.6) is 0 Å². The Kier molecular flexibility index (Phi) is 9.60. The van der Waals surface area contributed by atoms with Gasteiger partial charge in [0.25, 0.3) is 0 Å². The van der Waals surface area contributed by atoms with E-state index in [1.54, 1.807) is 0 Å². The summed E-state index contributed by atoms with van der Waals surface area (Å²) in [6, 6.07) is 33.8. The summed E-state index contributed by atoms with van der Waals surface area (Å²) >= 11 is 0. The van der Waals surface area contributed by atoms with Gasteiger partial charge in [0, 0.05) is 17.1 Å². The van der Waals surface area contributed by atoms with Crippen molar-refractivity contribution in [2.24, 2.45) is 0 Å². The van der Waals surface area contributed by atoms with E-state index in [4.69, 9.17) is 0 Å². The highest BCUT2D eigenvalue weighted by molar-refractivity contribution is 5.89. The third-order valence-electron chi connectivity index (χ3n) is 8.85. The molecular formula is C45H43N. The number of fused-ring (bicyclic) bond motifs is 2. The number of benzene rings is 3. The number of hydrogen-bond acceptors (Lipinski definition) is 1. The molecule has 1 nitrogen and oxygen atoms in total. The summed E-state index contributed by atoms with van der Waals surface area (Å²) in [5.74, 6) is 0. The number of anilines is 1. The smallest absolute Gasteiger partial charge is 0.0530 e. The fourth-order valence-electron chi connectivity index (χ4n) is 6.29. The van der Waals surface area contributed by atoms with Crippen molar-refractivity contribution in [3.8, 4) is 0 Å². The Labute approximate surface area is 274 Å². The van der Waals surface area contributed by atoms with Crippen molar-refractivity contribution in [1.29, 1.82) is 0 Å². The molecule has 0 radical (unpaired) electrons. The van der Waals surface area contributed by atoms with Gasteiger partial charge in [0.2, 0.25) is 0 Å². The Morgan fingerprint density at radius 1 is 0.761 bits per heavy atom. The Balaban J connectivity index is 1.74. The van der Waals surface area contributed by atoms with Gasteiger partial charge in [-0.25, -0.2) is 0 Å². The summed E-state index contributed by atoms with van der Waals surface area (Å²) in [4.78, 5) is 2.32. The molecule has 0 aliphatic heterocycles. The molecule has 4 aromatic carbocycles. The Hall–Kier alpha value is -5.14. The molecule has 2 aliphatic carbocycles. The maximum absolute atomic E-state index is 3.94. The fourth-order valence-corrected chi connectivity index (χ4v) is 6.29. The lowest BCUT2D eigenvalue weighted by Crippen LogP contribution is -2.33. The van der Waals surface area contributed by atoms with Crippen molar-refractivity contribution in [3.63, 3.8) is 0 Å². The molecule has 0 aromatic heterocycles.